The summed E-state index contributed by atoms with van der Waals surface area (Å²) < 4.78 is 22.8. The summed E-state index contributed by atoms with van der Waals surface area (Å²) in [6.45, 7) is 1.91. The Morgan fingerprint density at radius 1 is 1.53 bits per heavy atom. The molecule has 1 heterocycles. The lowest BCUT2D eigenvalue weighted by molar-refractivity contribution is 0.600. The van der Waals surface area contributed by atoms with Gasteiger partial charge in [0.1, 0.15) is 9.84 Å². The highest BCUT2D eigenvalue weighted by atomic mass is 32.2. The highest BCUT2D eigenvalue weighted by molar-refractivity contribution is 8.01. The first-order chi connectivity index (χ1) is 6.88. The number of thioether (sulfide) groups is 1. The highest BCUT2D eigenvalue weighted by Gasteiger charge is 2.06. The lowest BCUT2D eigenvalue weighted by atomic mass is 10.6. The number of rotatable bonds is 5. The minimum absolute atomic E-state index is 0.243. The Bertz CT molecular complexity index is 425. The third-order valence-electron chi connectivity index (χ3n) is 1.66. The molecule has 0 fully saturated rings. The molecule has 0 saturated carbocycles. The van der Waals surface area contributed by atoms with Crippen LogP contribution in [0.1, 0.15) is 12.1 Å². The Labute approximate surface area is 98.2 Å². The molecule has 0 saturated heterocycles. The number of hydrogen-bond acceptors (Lipinski definition) is 6. The number of aromatic nitrogens is 1. The normalized spacial score (nSPS) is 11.9. The average molecular weight is 266 g/mol. The van der Waals surface area contributed by atoms with E-state index in [4.69, 9.17) is 5.73 Å². The van der Waals surface area contributed by atoms with E-state index in [0.717, 1.165) is 15.7 Å². The number of nitrogens with zero attached hydrogens (tertiary/aromatic N) is 1. The molecule has 1 rings (SSSR count). The van der Waals surface area contributed by atoms with Gasteiger partial charge in [0.2, 0.25) is 0 Å². The van der Waals surface area contributed by atoms with Crippen LogP contribution in [-0.2, 0) is 9.84 Å². The molecule has 0 atom stereocenters. The summed E-state index contributed by atoms with van der Waals surface area (Å²) in [5, 5.41) is 0.568. The van der Waals surface area contributed by atoms with Gasteiger partial charge >= 0.3 is 0 Å². The Hall–Kier alpha value is -0.270. The molecule has 86 valence electrons. The average Bonchev–Trinajstić information content (AvgIpc) is 2.37. The Morgan fingerprint density at radius 3 is 2.67 bits per heavy atom. The van der Waals surface area contributed by atoms with E-state index in [2.05, 4.69) is 4.98 Å². The van der Waals surface area contributed by atoms with Crippen molar-refractivity contribution < 1.29 is 8.42 Å². The van der Waals surface area contributed by atoms with Crippen molar-refractivity contribution in [1.29, 1.82) is 0 Å². The molecule has 7 heteroatoms. The summed E-state index contributed by atoms with van der Waals surface area (Å²) in [4.78, 5) is 4.10. The van der Waals surface area contributed by atoms with Crippen molar-refractivity contribution in [2.24, 2.45) is 0 Å². The van der Waals surface area contributed by atoms with Crippen molar-refractivity contribution in [3.63, 3.8) is 0 Å². The summed E-state index contributed by atoms with van der Waals surface area (Å²) in [5.74, 6) is 1.03. The molecule has 2 N–H and O–H groups in total. The molecule has 1 aromatic rings. The predicted molar refractivity (Wildman–Crippen MR) is 66.3 cm³/mol. The monoisotopic (exact) mass is 266 g/mol. The summed E-state index contributed by atoms with van der Waals surface area (Å²) >= 11 is 3.07. The Morgan fingerprint density at radius 2 is 2.20 bits per heavy atom. The number of anilines is 1. The van der Waals surface area contributed by atoms with E-state index in [1.54, 1.807) is 11.8 Å². The number of thiazole rings is 1. The molecule has 0 unspecified atom stereocenters. The van der Waals surface area contributed by atoms with Gasteiger partial charge in [-0.3, -0.25) is 0 Å². The lowest BCUT2D eigenvalue weighted by Gasteiger charge is -1.98. The molecule has 0 bridgehead atoms. The van der Waals surface area contributed by atoms with E-state index in [1.807, 2.05) is 6.92 Å². The van der Waals surface area contributed by atoms with Crippen LogP contribution in [0.2, 0.25) is 0 Å². The third kappa shape index (κ3) is 4.85. The van der Waals surface area contributed by atoms with Crippen LogP contribution in [-0.4, -0.2) is 31.2 Å². The van der Waals surface area contributed by atoms with Crippen LogP contribution in [0.15, 0.2) is 4.21 Å². The molecule has 15 heavy (non-hydrogen) atoms. The molecule has 0 aliphatic heterocycles. The smallest absolute Gasteiger partial charge is 0.181 e. The van der Waals surface area contributed by atoms with E-state index in [9.17, 15) is 8.42 Å². The van der Waals surface area contributed by atoms with Crippen molar-refractivity contribution in [2.45, 2.75) is 17.6 Å². The van der Waals surface area contributed by atoms with Gasteiger partial charge in [0.15, 0.2) is 5.13 Å². The molecule has 0 aliphatic rings. The van der Waals surface area contributed by atoms with Gasteiger partial charge < -0.3 is 5.73 Å². The van der Waals surface area contributed by atoms with E-state index < -0.39 is 9.84 Å². The van der Waals surface area contributed by atoms with E-state index in [-0.39, 0.29) is 5.75 Å². The van der Waals surface area contributed by atoms with Gasteiger partial charge in [-0.25, -0.2) is 13.4 Å². The van der Waals surface area contributed by atoms with Crippen molar-refractivity contribution in [3.05, 3.63) is 5.69 Å². The van der Waals surface area contributed by atoms with Crippen LogP contribution < -0.4 is 5.73 Å². The predicted octanol–water partition coefficient (Wildman–Crippen LogP) is 1.56. The number of hydrogen-bond donors (Lipinski definition) is 1. The zero-order valence-corrected chi connectivity index (χ0v) is 11.1. The molecule has 4 nitrogen and oxygen atoms in total. The second-order valence-electron chi connectivity index (χ2n) is 3.26. The molecular weight excluding hydrogens is 252 g/mol. The second kappa shape index (κ2) is 5.18. The van der Waals surface area contributed by atoms with Crippen molar-refractivity contribution in [1.82, 2.24) is 4.98 Å². The van der Waals surface area contributed by atoms with Gasteiger partial charge in [-0.2, -0.15) is 0 Å². The van der Waals surface area contributed by atoms with E-state index >= 15 is 0 Å². The Kier molecular flexibility index (Phi) is 4.42. The maximum Gasteiger partial charge on any atom is 0.181 e. The van der Waals surface area contributed by atoms with Crippen molar-refractivity contribution in [3.8, 4) is 0 Å². The SMILES string of the molecule is Cc1nc(N)sc1SCCCS(C)(=O)=O. The molecule has 0 aromatic carbocycles. The Balaban J connectivity index is 2.35. The fourth-order valence-electron chi connectivity index (χ4n) is 1.02. The number of nitrogen functional groups attached to an aromatic ring is 1. The topological polar surface area (TPSA) is 73.0 Å². The standard InChI is InChI=1S/C8H14N2O2S3/c1-6-7(14-8(9)10-6)13-4-3-5-15(2,11)12/h3-5H2,1-2H3,(H2,9,10). The van der Waals surface area contributed by atoms with Gasteiger partial charge in [0.05, 0.1) is 15.7 Å². The van der Waals surface area contributed by atoms with Gasteiger partial charge in [0.25, 0.3) is 0 Å². The fraction of sp³-hybridized carbons (Fsp3) is 0.625. The van der Waals surface area contributed by atoms with Gasteiger partial charge in [-0.05, 0) is 19.1 Å². The quantitative estimate of drug-likeness (QED) is 0.647. The molecule has 0 aliphatic carbocycles. The van der Waals surface area contributed by atoms with E-state index in [1.165, 1.54) is 17.6 Å². The van der Waals surface area contributed by atoms with Gasteiger partial charge in [-0.1, -0.05) is 11.3 Å². The maximum atomic E-state index is 10.9. The minimum atomic E-state index is -2.83. The summed E-state index contributed by atoms with van der Waals surface area (Å²) in [5.41, 5.74) is 6.48. The van der Waals surface area contributed by atoms with Crippen molar-refractivity contribution >= 4 is 38.1 Å². The van der Waals surface area contributed by atoms with E-state index in [0.29, 0.717) is 11.6 Å². The largest absolute Gasteiger partial charge is 0.375 e. The van der Waals surface area contributed by atoms with Crippen LogP contribution in [0, 0.1) is 6.92 Å². The molecule has 0 amide bonds. The molecule has 0 spiro atoms. The summed E-state index contributed by atoms with van der Waals surface area (Å²) in [7, 11) is -2.83. The van der Waals surface area contributed by atoms with Crippen LogP contribution in [0.25, 0.3) is 0 Å². The zero-order valence-electron chi connectivity index (χ0n) is 8.69. The van der Waals surface area contributed by atoms with Crippen molar-refractivity contribution in [2.75, 3.05) is 23.5 Å². The van der Waals surface area contributed by atoms with Gasteiger partial charge in [-0.15, -0.1) is 11.8 Å². The second-order valence-corrected chi connectivity index (χ2v) is 7.91. The third-order valence-corrected chi connectivity index (χ3v) is 5.13. The lowest BCUT2D eigenvalue weighted by Crippen LogP contribution is -2.03. The number of aryl methyl sites for hydroxylation is 1. The molecule has 0 radical (unpaired) electrons. The van der Waals surface area contributed by atoms with Crippen LogP contribution in [0.3, 0.4) is 0 Å². The summed E-state index contributed by atoms with van der Waals surface area (Å²) in [6, 6.07) is 0. The fourth-order valence-corrected chi connectivity index (χ4v) is 3.91. The first-order valence-corrected chi connectivity index (χ1v) is 8.28. The van der Waals surface area contributed by atoms with Gasteiger partial charge in [0, 0.05) is 6.26 Å². The number of nitrogens with two attached hydrogens (primary N) is 1. The first-order valence-electron chi connectivity index (χ1n) is 4.42. The first kappa shape index (κ1) is 12.8. The zero-order chi connectivity index (χ0) is 11.5. The summed E-state index contributed by atoms with van der Waals surface area (Å²) in [6.07, 6.45) is 1.92. The van der Waals surface area contributed by atoms with Crippen LogP contribution >= 0.6 is 23.1 Å². The molecule has 1 aromatic heterocycles. The molecular formula is C8H14N2O2S3. The minimum Gasteiger partial charge on any atom is -0.375 e. The van der Waals surface area contributed by atoms with Crippen LogP contribution in [0.4, 0.5) is 5.13 Å². The number of sulfone groups is 1. The highest BCUT2D eigenvalue weighted by Crippen LogP contribution is 2.30. The van der Waals surface area contributed by atoms with Crippen LogP contribution in [0.5, 0.6) is 0 Å². The maximum absolute atomic E-state index is 10.9.